The summed E-state index contributed by atoms with van der Waals surface area (Å²) in [5, 5.41) is 4.30. The number of rotatable bonds is 5. The number of hydrogen-bond donors (Lipinski definition) is 0. The standard InChI is InChI=1S/C24H25FN2OS/c1-18-3-2-4-20(15-18)24(28)27(22-7-5-21(25)6-8-22)23-9-12-26(13-10-23)16-19-11-14-29-17-19/h2-8,11,14-15,17,23H,9-10,12-13,16H2,1H3. The normalized spacial score (nSPS) is 15.4. The quantitative estimate of drug-likeness (QED) is 0.556. The van der Waals surface area contributed by atoms with Crippen LogP contribution >= 0.6 is 11.3 Å². The van der Waals surface area contributed by atoms with Gasteiger partial charge in [-0.15, -0.1) is 0 Å². The van der Waals surface area contributed by atoms with Gasteiger partial charge in [-0.3, -0.25) is 9.69 Å². The highest BCUT2D eigenvalue weighted by atomic mass is 32.1. The molecule has 3 nitrogen and oxygen atoms in total. The first-order valence-corrected chi connectivity index (χ1v) is 10.9. The van der Waals surface area contributed by atoms with E-state index in [-0.39, 0.29) is 17.8 Å². The van der Waals surface area contributed by atoms with E-state index < -0.39 is 0 Å². The Balaban J connectivity index is 1.54. The lowest BCUT2D eigenvalue weighted by Gasteiger charge is -2.38. The summed E-state index contributed by atoms with van der Waals surface area (Å²) < 4.78 is 13.5. The zero-order valence-corrected chi connectivity index (χ0v) is 17.4. The maximum absolute atomic E-state index is 13.5. The summed E-state index contributed by atoms with van der Waals surface area (Å²) in [6.07, 6.45) is 1.80. The van der Waals surface area contributed by atoms with E-state index in [1.165, 1.54) is 17.7 Å². The van der Waals surface area contributed by atoms with Gasteiger partial charge in [-0.1, -0.05) is 17.7 Å². The molecule has 1 aliphatic rings. The van der Waals surface area contributed by atoms with Crippen molar-refractivity contribution in [2.24, 2.45) is 0 Å². The fourth-order valence-electron chi connectivity index (χ4n) is 3.99. The molecule has 5 heteroatoms. The molecule has 1 fully saturated rings. The van der Waals surface area contributed by atoms with Crippen LogP contribution in [-0.4, -0.2) is 29.9 Å². The summed E-state index contributed by atoms with van der Waals surface area (Å²) in [6, 6.07) is 16.2. The fraction of sp³-hybridized carbons (Fsp3) is 0.292. The minimum atomic E-state index is -0.290. The van der Waals surface area contributed by atoms with Crippen LogP contribution in [0.5, 0.6) is 0 Å². The van der Waals surface area contributed by atoms with Crippen LogP contribution in [0.2, 0.25) is 0 Å². The molecule has 0 aliphatic carbocycles. The number of benzene rings is 2. The highest BCUT2D eigenvalue weighted by Gasteiger charge is 2.30. The summed E-state index contributed by atoms with van der Waals surface area (Å²) in [5.74, 6) is -0.307. The Kier molecular flexibility index (Phi) is 6.07. The predicted octanol–water partition coefficient (Wildman–Crippen LogP) is 5.51. The summed E-state index contributed by atoms with van der Waals surface area (Å²) >= 11 is 1.72. The van der Waals surface area contributed by atoms with Crippen molar-refractivity contribution in [3.63, 3.8) is 0 Å². The molecule has 0 N–H and O–H groups in total. The molecule has 1 saturated heterocycles. The van der Waals surface area contributed by atoms with Gasteiger partial charge in [0.2, 0.25) is 0 Å². The SMILES string of the molecule is Cc1cccc(C(=O)N(c2ccc(F)cc2)C2CCN(Cc3ccsc3)CC2)c1. The van der Waals surface area contributed by atoms with Crippen molar-refractivity contribution in [3.05, 3.63) is 87.9 Å². The van der Waals surface area contributed by atoms with E-state index >= 15 is 0 Å². The van der Waals surface area contributed by atoms with Crippen LogP contribution in [0, 0.1) is 12.7 Å². The van der Waals surface area contributed by atoms with Crippen LogP contribution in [0.4, 0.5) is 10.1 Å². The van der Waals surface area contributed by atoms with E-state index in [1.54, 1.807) is 23.5 Å². The van der Waals surface area contributed by atoms with Gasteiger partial charge in [0.1, 0.15) is 5.82 Å². The Hall–Kier alpha value is -2.50. The number of thiophene rings is 1. The second kappa shape index (κ2) is 8.89. The van der Waals surface area contributed by atoms with Crippen molar-refractivity contribution in [1.82, 2.24) is 4.90 Å². The molecule has 2 aromatic carbocycles. The summed E-state index contributed by atoms with van der Waals surface area (Å²) in [4.78, 5) is 17.8. The molecule has 3 aromatic rings. The minimum absolute atomic E-state index is 0.0170. The molecular weight excluding hydrogens is 383 g/mol. The first-order chi connectivity index (χ1) is 14.1. The molecule has 0 bridgehead atoms. The average Bonchev–Trinajstić information content (AvgIpc) is 3.24. The van der Waals surface area contributed by atoms with Crippen LogP contribution in [0.3, 0.4) is 0 Å². The molecule has 2 heterocycles. The van der Waals surface area contributed by atoms with Crippen LogP contribution in [0.25, 0.3) is 0 Å². The average molecular weight is 409 g/mol. The predicted molar refractivity (Wildman–Crippen MR) is 117 cm³/mol. The molecule has 4 rings (SSSR count). The molecular formula is C24H25FN2OS. The number of anilines is 1. The van der Waals surface area contributed by atoms with Gasteiger partial charge < -0.3 is 4.90 Å². The lowest BCUT2D eigenvalue weighted by molar-refractivity contribution is 0.0958. The van der Waals surface area contributed by atoms with Crippen molar-refractivity contribution >= 4 is 22.9 Å². The molecule has 0 atom stereocenters. The zero-order valence-electron chi connectivity index (χ0n) is 16.6. The van der Waals surface area contributed by atoms with Gasteiger partial charge >= 0.3 is 0 Å². The molecule has 1 aliphatic heterocycles. The molecule has 0 saturated carbocycles. The Labute approximate surface area is 175 Å². The first kappa shape index (κ1) is 19.8. The second-order valence-corrected chi connectivity index (χ2v) is 8.44. The lowest BCUT2D eigenvalue weighted by atomic mass is 10.00. The topological polar surface area (TPSA) is 23.6 Å². The van der Waals surface area contributed by atoms with E-state index in [2.05, 4.69) is 21.7 Å². The van der Waals surface area contributed by atoms with Gasteiger partial charge in [0.15, 0.2) is 0 Å². The third-order valence-corrected chi connectivity index (χ3v) is 6.23. The van der Waals surface area contributed by atoms with E-state index in [4.69, 9.17) is 0 Å². The van der Waals surface area contributed by atoms with Gasteiger partial charge in [-0.2, -0.15) is 11.3 Å². The molecule has 1 amide bonds. The molecule has 0 unspecified atom stereocenters. The molecule has 150 valence electrons. The van der Waals surface area contributed by atoms with Crippen molar-refractivity contribution in [2.45, 2.75) is 32.4 Å². The summed E-state index contributed by atoms with van der Waals surface area (Å²) in [6.45, 7) is 4.83. The molecule has 29 heavy (non-hydrogen) atoms. The Bertz CT molecular complexity index is 947. The summed E-state index contributed by atoms with van der Waals surface area (Å²) in [5.41, 5.74) is 3.84. The molecule has 0 radical (unpaired) electrons. The highest BCUT2D eigenvalue weighted by Crippen LogP contribution is 2.27. The Morgan fingerprint density at radius 2 is 1.90 bits per heavy atom. The lowest BCUT2D eigenvalue weighted by Crippen LogP contribution is -2.47. The van der Waals surface area contributed by atoms with Crippen molar-refractivity contribution in [3.8, 4) is 0 Å². The van der Waals surface area contributed by atoms with Gasteiger partial charge in [0.25, 0.3) is 5.91 Å². The number of amides is 1. The van der Waals surface area contributed by atoms with Crippen LogP contribution in [0.15, 0.2) is 65.4 Å². The van der Waals surface area contributed by atoms with E-state index in [1.807, 2.05) is 36.1 Å². The maximum Gasteiger partial charge on any atom is 0.258 e. The van der Waals surface area contributed by atoms with Gasteiger partial charge in [0, 0.05) is 36.9 Å². The van der Waals surface area contributed by atoms with E-state index in [0.29, 0.717) is 5.56 Å². The number of nitrogens with zero attached hydrogens (tertiary/aromatic N) is 2. The van der Waals surface area contributed by atoms with Crippen LogP contribution < -0.4 is 4.90 Å². The van der Waals surface area contributed by atoms with E-state index in [9.17, 15) is 9.18 Å². The molecule has 0 spiro atoms. The number of hydrogen-bond acceptors (Lipinski definition) is 3. The van der Waals surface area contributed by atoms with Crippen molar-refractivity contribution in [1.29, 1.82) is 0 Å². The summed E-state index contributed by atoms with van der Waals surface area (Å²) in [7, 11) is 0. The maximum atomic E-state index is 13.5. The van der Waals surface area contributed by atoms with Crippen LogP contribution in [0.1, 0.15) is 34.3 Å². The number of aryl methyl sites for hydroxylation is 1. The Morgan fingerprint density at radius 1 is 1.14 bits per heavy atom. The first-order valence-electron chi connectivity index (χ1n) is 9.99. The monoisotopic (exact) mass is 408 g/mol. The third-order valence-electron chi connectivity index (χ3n) is 5.50. The smallest absolute Gasteiger partial charge is 0.258 e. The third kappa shape index (κ3) is 4.74. The number of carbonyl (C=O) groups excluding carboxylic acids is 1. The number of halogens is 1. The van der Waals surface area contributed by atoms with Gasteiger partial charge in [-0.05, 0) is 78.6 Å². The number of likely N-dealkylation sites (tertiary alicyclic amines) is 1. The van der Waals surface area contributed by atoms with Gasteiger partial charge in [0.05, 0.1) is 0 Å². The largest absolute Gasteiger partial charge is 0.305 e. The van der Waals surface area contributed by atoms with E-state index in [0.717, 1.165) is 43.7 Å². The Morgan fingerprint density at radius 3 is 2.55 bits per heavy atom. The fourth-order valence-corrected chi connectivity index (χ4v) is 4.65. The van der Waals surface area contributed by atoms with Gasteiger partial charge in [-0.25, -0.2) is 4.39 Å². The second-order valence-electron chi connectivity index (χ2n) is 7.66. The number of carbonyl (C=O) groups is 1. The zero-order chi connectivity index (χ0) is 20.2. The van der Waals surface area contributed by atoms with Crippen molar-refractivity contribution in [2.75, 3.05) is 18.0 Å². The highest BCUT2D eigenvalue weighted by molar-refractivity contribution is 7.07. The van der Waals surface area contributed by atoms with Crippen LogP contribution in [-0.2, 0) is 6.54 Å². The van der Waals surface area contributed by atoms with Crippen molar-refractivity contribution < 1.29 is 9.18 Å². The molecule has 1 aromatic heterocycles. The minimum Gasteiger partial charge on any atom is -0.305 e. The number of piperidine rings is 1.